The third-order valence-corrected chi connectivity index (χ3v) is 7.09. The Morgan fingerprint density at radius 3 is 2.59 bits per heavy atom. The van der Waals surface area contributed by atoms with Gasteiger partial charge in [0.2, 0.25) is 0 Å². The van der Waals surface area contributed by atoms with Gasteiger partial charge in [0.05, 0.1) is 5.60 Å². The van der Waals surface area contributed by atoms with Gasteiger partial charge in [0, 0.05) is 25.0 Å². The molecule has 2 bridgehead atoms. The Kier molecular flexibility index (Phi) is 3.86. The molecule has 3 aliphatic carbocycles. The first-order valence-electron chi connectivity index (χ1n) is 10.5. The summed E-state index contributed by atoms with van der Waals surface area (Å²) >= 11 is 0. The molecule has 1 aromatic rings. The number of H-pyrrole nitrogens is 1. The second-order valence-corrected chi connectivity index (χ2v) is 8.79. The van der Waals surface area contributed by atoms with E-state index in [0.29, 0.717) is 6.54 Å². The van der Waals surface area contributed by atoms with Crippen LogP contribution in [0.4, 0.5) is 10.6 Å². The topological polar surface area (TPSA) is 84.8 Å². The molecule has 5 aliphatic rings. The third-order valence-electron chi connectivity index (χ3n) is 7.09. The molecule has 7 heteroatoms. The van der Waals surface area contributed by atoms with E-state index >= 15 is 0 Å². The predicted molar refractivity (Wildman–Crippen MR) is 103 cm³/mol. The van der Waals surface area contributed by atoms with E-state index in [0.717, 1.165) is 94.0 Å². The lowest BCUT2D eigenvalue weighted by atomic mass is 9.58. The molecule has 2 amide bonds. The molecule has 6 rings (SSSR count). The molecule has 27 heavy (non-hydrogen) atoms. The summed E-state index contributed by atoms with van der Waals surface area (Å²) in [7, 11) is 0. The molecule has 0 atom stereocenters. The Labute approximate surface area is 159 Å². The number of urea groups is 1. The van der Waals surface area contributed by atoms with Crippen LogP contribution < -0.4 is 4.90 Å². The van der Waals surface area contributed by atoms with E-state index < -0.39 is 5.60 Å². The number of hydrogen-bond donors (Lipinski definition) is 2. The minimum atomic E-state index is -0.458. The normalized spacial score (nSPS) is 32.8. The number of imidazole rings is 1. The van der Waals surface area contributed by atoms with E-state index in [1.54, 1.807) is 0 Å². The van der Waals surface area contributed by atoms with Crippen LogP contribution >= 0.6 is 0 Å². The lowest BCUT2D eigenvalue weighted by Gasteiger charge is -2.49. The number of aromatic amines is 1. The van der Waals surface area contributed by atoms with Crippen LogP contribution in [0.25, 0.3) is 0 Å². The molecule has 3 saturated carbocycles. The number of amides is 2. The van der Waals surface area contributed by atoms with Crippen LogP contribution in [-0.4, -0.2) is 57.1 Å². The van der Waals surface area contributed by atoms with Crippen LogP contribution in [-0.2, 0) is 5.41 Å². The fraction of sp³-hybridized carbons (Fsp3) is 0.750. The monoisotopic (exact) mass is 371 g/mol. The van der Waals surface area contributed by atoms with E-state index in [2.05, 4.69) is 11.9 Å². The summed E-state index contributed by atoms with van der Waals surface area (Å²) in [6.07, 6.45) is 8.34. The number of aliphatic hydroxyl groups is 1. The predicted octanol–water partition coefficient (Wildman–Crippen LogP) is 2.94. The second kappa shape index (κ2) is 6.06. The zero-order valence-electron chi connectivity index (χ0n) is 16.1. The molecule has 0 aromatic carbocycles. The van der Waals surface area contributed by atoms with Crippen LogP contribution in [0.3, 0.4) is 0 Å². The lowest BCUT2D eigenvalue weighted by Crippen LogP contribution is -2.51. The number of aromatic nitrogens is 2. The average Bonchev–Trinajstić information content (AvgIpc) is 2.98. The summed E-state index contributed by atoms with van der Waals surface area (Å²) in [5, 5.41) is 10.6. The van der Waals surface area contributed by atoms with Crippen LogP contribution in [0.2, 0.25) is 0 Å². The highest BCUT2D eigenvalue weighted by Crippen LogP contribution is 2.53. The fourth-order valence-electron chi connectivity index (χ4n) is 5.31. The van der Waals surface area contributed by atoms with Crippen molar-refractivity contribution in [3.8, 4) is 0 Å². The largest absolute Gasteiger partial charge is 0.390 e. The highest BCUT2D eigenvalue weighted by molar-refractivity contribution is 6.17. The van der Waals surface area contributed by atoms with Gasteiger partial charge in [0.1, 0.15) is 11.5 Å². The first kappa shape index (κ1) is 17.2. The van der Waals surface area contributed by atoms with Crippen molar-refractivity contribution in [2.24, 2.45) is 4.99 Å². The molecule has 1 aromatic heterocycles. The van der Waals surface area contributed by atoms with Crippen LogP contribution in [0.5, 0.6) is 0 Å². The maximum absolute atomic E-state index is 13.1. The molecule has 2 N–H and O–H groups in total. The SMILES string of the molecule is CCCN1C(=O)N2CCCCN=C2c2[nH]c(C34CCC(O)(CC3)CC4)nc21. The standard InChI is InChI=1S/C20H29N5O2/c1-2-12-24-16-14(15-21-11-3-4-13-25(15)18(24)26)22-17(23-16)19-5-8-20(27,9-6-19)10-7-19/h27H,2-13H2,1H3,(H,22,23). The Hall–Kier alpha value is -1.89. The summed E-state index contributed by atoms with van der Waals surface area (Å²) in [6, 6.07) is 0.0159. The Morgan fingerprint density at radius 2 is 1.89 bits per heavy atom. The van der Waals surface area contributed by atoms with Gasteiger partial charge >= 0.3 is 6.03 Å². The number of amidine groups is 1. The van der Waals surface area contributed by atoms with Gasteiger partial charge in [-0.25, -0.2) is 9.78 Å². The van der Waals surface area contributed by atoms with Crippen molar-refractivity contribution in [1.29, 1.82) is 0 Å². The average molecular weight is 371 g/mol. The number of nitrogens with zero attached hydrogens (tertiary/aromatic N) is 4. The smallest absolute Gasteiger partial charge is 0.331 e. The molecule has 3 heterocycles. The van der Waals surface area contributed by atoms with Crippen molar-refractivity contribution < 1.29 is 9.90 Å². The molecule has 0 unspecified atom stereocenters. The Bertz CT molecular complexity index is 774. The van der Waals surface area contributed by atoms with Gasteiger partial charge in [-0.1, -0.05) is 6.92 Å². The third kappa shape index (κ3) is 2.54. The minimum Gasteiger partial charge on any atom is -0.390 e. The second-order valence-electron chi connectivity index (χ2n) is 8.79. The molecule has 3 fully saturated rings. The van der Waals surface area contributed by atoms with E-state index in [-0.39, 0.29) is 11.4 Å². The van der Waals surface area contributed by atoms with Gasteiger partial charge in [-0.2, -0.15) is 0 Å². The molecular weight excluding hydrogens is 342 g/mol. The van der Waals surface area contributed by atoms with Crippen molar-refractivity contribution in [3.05, 3.63) is 11.5 Å². The summed E-state index contributed by atoms with van der Waals surface area (Å²) < 4.78 is 0. The number of fused-ring (bicyclic) bond motifs is 6. The van der Waals surface area contributed by atoms with Crippen LogP contribution in [0, 0.1) is 0 Å². The zero-order chi connectivity index (χ0) is 18.6. The van der Waals surface area contributed by atoms with Gasteiger partial charge in [-0.3, -0.25) is 14.8 Å². The van der Waals surface area contributed by atoms with Gasteiger partial charge < -0.3 is 10.1 Å². The highest BCUT2D eigenvalue weighted by atomic mass is 16.3. The van der Waals surface area contributed by atoms with Crippen LogP contribution in [0.1, 0.15) is 76.2 Å². The number of carbonyl (C=O) groups excluding carboxylic acids is 1. The maximum Gasteiger partial charge on any atom is 0.331 e. The van der Waals surface area contributed by atoms with E-state index in [4.69, 9.17) is 9.98 Å². The highest BCUT2D eigenvalue weighted by Gasteiger charge is 2.51. The van der Waals surface area contributed by atoms with Crippen LogP contribution in [0.15, 0.2) is 4.99 Å². The Morgan fingerprint density at radius 1 is 1.15 bits per heavy atom. The van der Waals surface area contributed by atoms with Crippen molar-refractivity contribution >= 4 is 17.7 Å². The van der Waals surface area contributed by atoms with Crippen molar-refractivity contribution in [2.45, 2.75) is 75.7 Å². The van der Waals surface area contributed by atoms with Gasteiger partial charge in [0.15, 0.2) is 11.7 Å². The van der Waals surface area contributed by atoms with Crippen molar-refractivity contribution in [2.75, 3.05) is 24.5 Å². The molecule has 146 valence electrons. The summed E-state index contributed by atoms with van der Waals surface area (Å²) in [5.74, 6) is 2.53. The van der Waals surface area contributed by atoms with Crippen molar-refractivity contribution in [3.63, 3.8) is 0 Å². The molecule has 2 aliphatic heterocycles. The zero-order valence-corrected chi connectivity index (χ0v) is 16.1. The van der Waals surface area contributed by atoms with E-state index in [1.165, 1.54) is 0 Å². The fourth-order valence-corrected chi connectivity index (χ4v) is 5.31. The number of aliphatic imine (C=N–C) groups is 1. The van der Waals surface area contributed by atoms with Crippen molar-refractivity contribution in [1.82, 2.24) is 14.9 Å². The Balaban J connectivity index is 1.59. The molecular formula is C20H29N5O2. The quantitative estimate of drug-likeness (QED) is 0.857. The summed E-state index contributed by atoms with van der Waals surface area (Å²) in [5.41, 5.74) is 0.472. The van der Waals surface area contributed by atoms with E-state index in [9.17, 15) is 9.90 Å². The summed E-state index contributed by atoms with van der Waals surface area (Å²) in [6.45, 7) is 4.25. The number of hydrogen-bond acceptors (Lipinski definition) is 4. The first-order valence-corrected chi connectivity index (χ1v) is 10.5. The number of anilines is 1. The maximum atomic E-state index is 13.1. The molecule has 0 radical (unpaired) electrons. The molecule has 7 nitrogen and oxygen atoms in total. The number of carbonyl (C=O) groups is 1. The number of nitrogens with one attached hydrogen (secondary N) is 1. The molecule has 0 spiro atoms. The van der Waals surface area contributed by atoms with Gasteiger partial charge in [-0.15, -0.1) is 0 Å². The number of rotatable bonds is 3. The minimum absolute atomic E-state index is 0.0128. The van der Waals surface area contributed by atoms with Gasteiger partial charge in [0.25, 0.3) is 0 Å². The van der Waals surface area contributed by atoms with Gasteiger partial charge in [-0.05, 0) is 57.8 Å². The van der Waals surface area contributed by atoms with E-state index in [1.807, 2.05) is 9.80 Å². The lowest BCUT2D eigenvalue weighted by molar-refractivity contribution is -0.0678. The summed E-state index contributed by atoms with van der Waals surface area (Å²) in [4.78, 5) is 30.2. The first-order chi connectivity index (χ1) is 13.1. The molecule has 0 saturated heterocycles.